The second-order valence-electron chi connectivity index (χ2n) is 4.38. The summed E-state index contributed by atoms with van der Waals surface area (Å²) in [6.07, 6.45) is -6.55. The second kappa shape index (κ2) is 4.81. The van der Waals surface area contributed by atoms with E-state index < -0.39 is 29.7 Å². The highest BCUT2D eigenvalue weighted by Crippen LogP contribution is 2.43. The SMILES string of the molecule is CNC1=C=C2C[C@H](O)[C@@H]([C@H](C)C(F)(F)F)O[C@@H]2S1. The fourth-order valence-corrected chi connectivity index (χ4v) is 3.01. The molecule has 7 heteroatoms. The van der Waals surface area contributed by atoms with Crippen LogP contribution in [0.15, 0.2) is 16.3 Å². The third-order valence-corrected chi connectivity index (χ3v) is 4.26. The number of alkyl halides is 3. The highest BCUT2D eigenvalue weighted by Gasteiger charge is 2.48. The zero-order valence-corrected chi connectivity index (χ0v) is 10.7. The minimum atomic E-state index is -4.37. The molecule has 1 fully saturated rings. The molecule has 18 heavy (non-hydrogen) atoms. The van der Waals surface area contributed by atoms with Crippen molar-refractivity contribution in [3.63, 3.8) is 0 Å². The van der Waals surface area contributed by atoms with Crippen LogP contribution in [0.1, 0.15) is 13.3 Å². The maximum Gasteiger partial charge on any atom is 0.394 e. The number of hydrogen-bond donors (Lipinski definition) is 2. The molecule has 0 radical (unpaired) electrons. The van der Waals surface area contributed by atoms with Crippen molar-refractivity contribution in [3.8, 4) is 0 Å². The van der Waals surface area contributed by atoms with Crippen molar-refractivity contribution in [1.82, 2.24) is 5.32 Å². The summed E-state index contributed by atoms with van der Waals surface area (Å²) >= 11 is 1.29. The average molecular weight is 281 g/mol. The molecule has 2 aliphatic heterocycles. The molecule has 2 N–H and O–H groups in total. The molecule has 4 atom stereocenters. The van der Waals surface area contributed by atoms with Gasteiger partial charge in [-0.05, 0) is 0 Å². The number of aliphatic hydroxyl groups is 1. The highest BCUT2D eigenvalue weighted by atomic mass is 32.2. The van der Waals surface area contributed by atoms with Crippen LogP contribution in [0.4, 0.5) is 13.2 Å². The fourth-order valence-electron chi connectivity index (χ4n) is 2.00. The standard InChI is InChI=1S/C11H14F3NO2S/c1-5(11(12,13)14)9-7(16)3-6-4-8(15-2)18-10(6)17-9/h5,7,9-10,15-16H,3H2,1-2H3/t5-,7-,9+,10+/m0/s1. The van der Waals surface area contributed by atoms with Crippen LogP contribution in [0.3, 0.4) is 0 Å². The van der Waals surface area contributed by atoms with E-state index in [2.05, 4.69) is 11.0 Å². The molecule has 0 spiro atoms. The molecule has 0 bridgehead atoms. The van der Waals surface area contributed by atoms with E-state index in [-0.39, 0.29) is 6.42 Å². The predicted molar refractivity (Wildman–Crippen MR) is 61.7 cm³/mol. The molecule has 1 saturated heterocycles. The van der Waals surface area contributed by atoms with Crippen LogP contribution in [0, 0.1) is 5.92 Å². The van der Waals surface area contributed by atoms with Crippen LogP contribution in [-0.2, 0) is 4.74 Å². The van der Waals surface area contributed by atoms with Crippen LogP contribution in [0.25, 0.3) is 0 Å². The van der Waals surface area contributed by atoms with E-state index in [4.69, 9.17) is 4.74 Å². The number of ether oxygens (including phenoxy) is 1. The molecular formula is C11H14F3NO2S. The Hall–Kier alpha value is -0.620. The lowest BCUT2D eigenvalue weighted by Gasteiger charge is -2.36. The Morgan fingerprint density at radius 2 is 2.22 bits per heavy atom. The molecule has 2 aliphatic rings. The van der Waals surface area contributed by atoms with Gasteiger partial charge in [-0.1, -0.05) is 24.4 Å². The van der Waals surface area contributed by atoms with Gasteiger partial charge in [-0.25, -0.2) is 0 Å². The largest absolute Gasteiger partial charge is 0.394 e. The van der Waals surface area contributed by atoms with Crippen molar-refractivity contribution in [2.24, 2.45) is 5.92 Å². The summed E-state index contributed by atoms with van der Waals surface area (Å²) < 4.78 is 43.3. The number of rotatable bonds is 2. The molecule has 0 aliphatic carbocycles. The molecule has 3 nitrogen and oxygen atoms in total. The van der Waals surface area contributed by atoms with Gasteiger partial charge in [0.2, 0.25) is 0 Å². The van der Waals surface area contributed by atoms with Crippen molar-refractivity contribution in [2.75, 3.05) is 7.05 Å². The first-order valence-corrected chi connectivity index (χ1v) is 6.45. The summed E-state index contributed by atoms with van der Waals surface area (Å²) in [5.74, 6) is -1.69. The van der Waals surface area contributed by atoms with E-state index >= 15 is 0 Å². The van der Waals surface area contributed by atoms with Gasteiger partial charge in [0.1, 0.15) is 10.5 Å². The summed E-state index contributed by atoms with van der Waals surface area (Å²) in [7, 11) is 1.71. The first-order valence-electron chi connectivity index (χ1n) is 5.57. The Kier molecular flexibility index (Phi) is 3.69. The van der Waals surface area contributed by atoms with Gasteiger partial charge in [-0.3, -0.25) is 0 Å². The first-order chi connectivity index (χ1) is 8.32. The van der Waals surface area contributed by atoms with Crippen molar-refractivity contribution in [2.45, 2.75) is 37.2 Å². The fraction of sp³-hybridized carbons (Fsp3) is 0.727. The third kappa shape index (κ3) is 2.54. The summed E-state index contributed by atoms with van der Waals surface area (Å²) in [5, 5.41) is 13.4. The van der Waals surface area contributed by atoms with Gasteiger partial charge in [-0.15, -0.1) is 0 Å². The zero-order chi connectivity index (χ0) is 13.5. The Labute approximate surface area is 107 Å². The predicted octanol–water partition coefficient (Wildman–Crippen LogP) is 1.99. The lowest BCUT2D eigenvalue weighted by Crippen LogP contribution is -2.47. The molecule has 0 unspecified atom stereocenters. The highest BCUT2D eigenvalue weighted by molar-refractivity contribution is 8.03. The molecule has 0 aromatic rings. The molecule has 0 saturated carbocycles. The Morgan fingerprint density at radius 3 is 2.78 bits per heavy atom. The Balaban J connectivity index is 2.11. The number of hydrogen-bond acceptors (Lipinski definition) is 4. The summed E-state index contributed by atoms with van der Waals surface area (Å²) in [6, 6.07) is 0. The van der Waals surface area contributed by atoms with E-state index in [1.807, 2.05) is 0 Å². The monoisotopic (exact) mass is 281 g/mol. The van der Waals surface area contributed by atoms with Crippen molar-refractivity contribution in [3.05, 3.63) is 16.3 Å². The van der Waals surface area contributed by atoms with Gasteiger partial charge in [0, 0.05) is 19.0 Å². The van der Waals surface area contributed by atoms with E-state index in [9.17, 15) is 18.3 Å². The van der Waals surface area contributed by atoms with Crippen LogP contribution < -0.4 is 5.32 Å². The van der Waals surface area contributed by atoms with E-state index in [0.29, 0.717) is 5.57 Å². The first kappa shape index (κ1) is 13.8. The smallest absolute Gasteiger partial charge is 0.390 e. The third-order valence-electron chi connectivity index (χ3n) is 3.11. The second-order valence-corrected chi connectivity index (χ2v) is 5.45. The maximum atomic E-state index is 12.7. The topological polar surface area (TPSA) is 41.5 Å². The molecule has 2 heterocycles. The van der Waals surface area contributed by atoms with E-state index in [0.717, 1.165) is 12.0 Å². The Bertz CT molecular complexity index is 404. The summed E-state index contributed by atoms with van der Waals surface area (Å²) in [4.78, 5) is 0. The molecular weight excluding hydrogens is 267 g/mol. The van der Waals surface area contributed by atoms with Gasteiger partial charge in [0.15, 0.2) is 0 Å². The molecule has 0 aromatic heterocycles. The number of aliphatic hydroxyl groups excluding tert-OH is 1. The average Bonchev–Trinajstić information content (AvgIpc) is 2.67. The van der Waals surface area contributed by atoms with Gasteiger partial charge in [-0.2, -0.15) is 13.2 Å². The number of nitrogens with one attached hydrogen (secondary N) is 1. The van der Waals surface area contributed by atoms with Crippen LogP contribution in [0.5, 0.6) is 0 Å². The van der Waals surface area contributed by atoms with Gasteiger partial charge in [0.25, 0.3) is 0 Å². The Morgan fingerprint density at radius 1 is 1.56 bits per heavy atom. The van der Waals surface area contributed by atoms with Crippen molar-refractivity contribution >= 4 is 11.8 Å². The van der Waals surface area contributed by atoms with Gasteiger partial charge in [0.05, 0.1) is 18.1 Å². The number of fused-ring (bicyclic) bond motifs is 1. The van der Waals surface area contributed by atoms with Gasteiger partial charge >= 0.3 is 6.18 Å². The summed E-state index contributed by atoms with van der Waals surface area (Å²) in [5.41, 5.74) is 3.23. The van der Waals surface area contributed by atoms with Crippen molar-refractivity contribution < 1.29 is 23.0 Å². The van der Waals surface area contributed by atoms with E-state index in [1.165, 1.54) is 11.8 Å². The zero-order valence-electron chi connectivity index (χ0n) is 9.91. The normalized spacial score (nSPS) is 33.6. The lowest BCUT2D eigenvalue weighted by atomic mass is 9.92. The molecule has 102 valence electrons. The minimum absolute atomic E-state index is 0.175. The molecule has 0 aromatic carbocycles. The van der Waals surface area contributed by atoms with Crippen LogP contribution >= 0.6 is 11.8 Å². The maximum absolute atomic E-state index is 12.7. The number of halogens is 3. The van der Waals surface area contributed by atoms with Gasteiger partial charge < -0.3 is 15.2 Å². The minimum Gasteiger partial charge on any atom is -0.390 e. The van der Waals surface area contributed by atoms with Crippen LogP contribution in [-0.4, -0.2) is 36.0 Å². The summed E-state index contributed by atoms with van der Waals surface area (Å²) in [6.45, 7) is 1.04. The van der Waals surface area contributed by atoms with E-state index in [1.54, 1.807) is 7.05 Å². The quantitative estimate of drug-likeness (QED) is 0.760. The lowest BCUT2D eigenvalue weighted by molar-refractivity contribution is -0.222. The van der Waals surface area contributed by atoms with Crippen molar-refractivity contribution in [1.29, 1.82) is 0 Å². The van der Waals surface area contributed by atoms with Crippen LogP contribution in [0.2, 0.25) is 0 Å². The number of thioether (sulfide) groups is 1. The molecule has 0 amide bonds. The molecule has 2 rings (SSSR count).